The number of carbonyl (C=O) groups is 1. The van der Waals surface area contributed by atoms with Gasteiger partial charge < -0.3 is 10.2 Å². The van der Waals surface area contributed by atoms with E-state index in [0.29, 0.717) is 18.5 Å². The summed E-state index contributed by atoms with van der Waals surface area (Å²) in [7, 11) is 0. The lowest BCUT2D eigenvalue weighted by atomic mass is 10.1. The number of amides is 2. The Morgan fingerprint density at radius 1 is 1.29 bits per heavy atom. The number of rotatable bonds is 4. The van der Waals surface area contributed by atoms with Crippen LogP contribution in [0.3, 0.4) is 0 Å². The second kappa shape index (κ2) is 7.93. The largest absolute Gasteiger partial charge is 0.338 e. The van der Waals surface area contributed by atoms with Crippen LogP contribution in [0.15, 0.2) is 29.6 Å². The standard InChI is InChI=1S/C18H20N4OS/c19-12-14-6-2-3-7-16(14)17-21-15(13-24-17)8-9-20-18(23)22-10-4-1-5-11-22/h2-3,6-7,13H,1,4-5,8-11H2,(H,20,23). The molecule has 0 radical (unpaired) electrons. The highest BCUT2D eigenvalue weighted by Crippen LogP contribution is 2.26. The quantitative estimate of drug-likeness (QED) is 0.927. The first-order valence-corrected chi connectivity index (χ1v) is 9.12. The van der Waals surface area contributed by atoms with E-state index in [2.05, 4.69) is 16.4 Å². The predicted molar refractivity (Wildman–Crippen MR) is 94.8 cm³/mol. The zero-order valence-corrected chi connectivity index (χ0v) is 14.3. The molecule has 1 aromatic carbocycles. The van der Waals surface area contributed by atoms with Gasteiger partial charge in [-0.2, -0.15) is 5.26 Å². The summed E-state index contributed by atoms with van der Waals surface area (Å²) in [6.45, 7) is 2.30. The second-order valence-corrected chi connectivity index (χ2v) is 6.69. The summed E-state index contributed by atoms with van der Waals surface area (Å²) < 4.78 is 0. The number of nitrogens with one attached hydrogen (secondary N) is 1. The van der Waals surface area contributed by atoms with Gasteiger partial charge in [0.15, 0.2) is 0 Å². The molecular weight excluding hydrogens is 320 g/mol. The minimum Gasteiger partial charge on any atom is -0.338 e. The van der Waals surface area contributed by atoms with E-state index in [-0.39, 0.29) is 6.03 Å². The Hall–Kier alpha value is -2.39. The van der Waals surface area contributed by atoms with Crippen LogP contribution >= 0.6 is 11.3 Å². The van der Waals surface area contributed by atoms with Crippen molar-refractivity contribution in [2.24, 2.45) is 0 Å². The molecule has 1 N–H and O–H groups in total. The van der Waals surface area contributed by atoms with E-state index in [0.717, 1.165) is 42.2 Å². The van der Waals surface area contributed by atoms with E-state index in [1.54, 1.807) is 6.07 Å². The molecule has 1 aromatic heterocycles. The molecule has 3 rings (SSSR count). The lowest BCUT2D eigenvalue weighted by molar-refractivity contribution is 0.186. The average Bonchev–Trinajstić information content (AvgIpc) is 3.11. The molecule has 1 aliphatic rings. The lowest BCUT2D eigenvalue weighted by Gasteiger charge is -2.26. The van der Waals surface area contributed by atoms with E-state index in [1.165, 1.54) is 17.8 Å². The van der Waals surface area contributed by atoms with Gasteiger partial charge in [-0.3, -0.25) is 0 Å². The minimum absolute atomic E-state index is 0.0278. The number of benzene rings is 1. The molecule has 1 saturated heterocycles. The van der Waals surface area contributed by atoms with E-state index in [4.69, 9.17) is 0 Å². The Balaban J connectivity index is 1.55. The summed E-state index contributed by atoms with van der Waals surface area (Å²) in [4.78, 5) is 18.5. The highest BCUT2D eigenvalue weighted by atomic mass is 32.1. The van der Waals surface area contributed by atoms with E-state index in [9.17, 15) is 10.1 Å². The topological polar surface area (TPSA) is 69.0 Å². The number of nitriles is 1. The SMILES string of the molecule is N#Cc1ccccc1-c1nc(CCNC(=O)N2CCCCC2)cs1. The molecule has 2 heterocycles. The summed E-state index contributed by atoms with van der Waals surface area (Å²) in [5.41, 5.74) is 2.45. The molecule has 0 bridgehead atoms. The second-order valence-electron chi connectivity index (χ2n) is 5.83. The number of thiazole rings is 1. The van der Waals surface area contributed by atoms with Gasteiger partial charge in [-0.25, -0.2) is 9.78 Å². The molecule has 24 heavy (non-hydrogen) atoms. The van der Waals surface area contributed by atoms with Crippen LogP contribution in [0.5, 0.6) is 0 Å². The monoisotopic (exact) mass is 340 g/mol. The van der Waals surface area contributed by atoms with Gasteiger partial charge in [0.1, 0.15) is 5.01 Å². The maximum absolute atomic E-state index is 12.1. The molecule has 0 saturated carbocycles. The van der Waals surface area contributed by atoms with Gasteiger partial charge in [-0.1, -0.05) is 18.2 Å². The van der Waals surface area contributed by atoms with Crippen LogP contribution in [0.2, 0.25) is 0 Å². The van der Waals surface area contributed by atoms with E-state index >= 15 is 0 Å². The Bertz CT molecular complexity index is 743. The molecule has 124 valence electrons. The third kappa shape index (κ3) is 3.92. The summed E-state index contributed by atoms with van der Waals surface area (Å²) >= 11 is 1.53. The summed E-state index contributed by atoms with van der Waals surface area (Å²) in [5, 5.41) is 15.0. The van der Waals surface area contributed by atoms with Crippen LogP contribution in [0.4, 0.5) is 4.79 Å². The summed E-state index contributed by atoms with van der Waals surface area (Å²) in [6, 6.07) is 9.71. The Morgan fingerprint density at radius 3 is 2.88 bits per heavy atom. The Kier molecular flexibility index (Phi) is 5.44. The number of piperidine rings is 1. The van der Waals surface area contributed by atoms with Crippen molar-refractivity contribution < 1.29 is 4.79 Å². The molecule has 1 fully saturated rings. The van der Waals surface area contributed by atoms with Crippen LogP contribution in [0.25, 0.3) is 10.6 Å². The van der Waals surface area contributed by atoms with Crippen molar-refractivity contribution >= 4 is 17.4 Å². The summed E-state index contributed by atoms with van der Waals surface area (Å²) in [6.07, 6.45) is 4.11. The molecule has 5 nitrogen and oxygen atoms in total. The molecule has 0 aliphatic carbocycles. The fourth-order valence-corrected chi connectivity index (χ4v) is 3.71. The number of hydrogen-bond acceptors (Lipinski definition) is 4. The van der Waals surface area contributed by atoms with E-state index < -0.39 is 0 Å². The van der Waals surface area contributed by atoms with Crippen LogP contribution in [-0.4, -0.2) is 35.5 Å². The van der Waals surface area contributed by atoms with Gasteiger partial charge in [0.25, 0.3) is 0 Å². The zero-order valence-electron chi connectivity index (χ0n) is 13.5. The first-order valence-electron chi connectivity index (χ1n) is 8.24. The highest BCUT2D eigenvalue weighted by Gasteiger charge is 2.16. The fraction of sp³-hybridized carbons (Fsp3) is 0.389. The van der Waals surface area contributed by atoms with Crippen LogP contribution in [0, 0.1) is 11.3 Å². The van der Waals surface area contributed by atoms with Gasteiger partial charge in [-0.05, 0) is 25.3 Å². The molecule has 0 spiro atoms. The van der Waals surface area contributed by atoms with Gasteiger partial charge >= 0.3 is 6.03 Å². The summed E-state index contributed by atoms with van der Waals surface area (Å²) in [5.74, 6) is 0. The molecule has 1 aliphatic heterocycles. The van der Waals surface area contributed by atoms with Crippen molar-refractivity contribution in [3.8, 4) is 16.6 Å². The minimum atomic E-state index is 0.0278. The van der Waals surface area contributed by atoms with Crippen molar-refractivity contribution in [1.82, 2.24) is 15.2 Å². The number of urea groups is 1. The number of hydrogen-bond donors (Lipinski definition) is 1. The molecular formula is C18H20N4OS. The van der Waals surface area contributed by atoms with Crippen molar-refractivity contribution in [1.29, 1.82) is 5.26 Å². The third-order valence-electron chi connectivity index (χ3n) is 4.13. The predicted octanol–water partition coefficient (Wildman–Crippen LogP) is 3.42. The van der Waals surface area contributed by atoms with E-state index in [1.807, 2.05) is 28.5 Å². The van der Waals surface area contributed by atoms with Crippen LogP contribution in [0.1, 0.15) is 30.5 Å². The van der Waals surface area contributed by atoms with Crippen molar-refractivity contribution in [3.63, 3.8) is 0 Å². The maximum Gasteiger partial charge on any atom is 0.317 e. The fourth-order valence-electron chi connectivity index (χ4n) is 2.82. The van der Waals surface area contributed by atoms with Gasteiger partial charge in [0.2, 0.25) is 0 Å². The van der Waals surface area contributed by atoms with Gasteiger partial charge in [-0.15, -0.1) is 11.3 Å². The normalized spacial score (nSPS) is 14.2. The molecule has 2 amide bonds. The smallest absolute Gasteiger partial charge is 0.317 e. The van der Waals surface area contributed by atoms with Crippen molar-refractivity contribution in [2.45, 2.75) is 25.7 Å². The molecule has 0 atom stereocenters. The molecule has 6 heteroatoms. The maximum atomic E-state index is 12.1. The number of nitrogens with zero attached hydrogens (tertiary/aromatic N) is 3. The highest BCUT2D eigenvalue weighted by molar-refractivity contribution is 7.13. The molecule has 0 unspecified atom stereocenters. The average molecular weight is 340 g/mol. The van der Waals surface area contributed by atoms with Gasteiger partial charge in [0, 0.05) is 37.0 Å². The number of carbonyl (C=O) groups excluding carboxylic acids is 1. The van der Waals surface area contributed by atoms with Crippen LogP contribution in [-0.2, 0) is 6.42 Å². The zero-order chi connectivity index (χ0) is 16.8. The first-order chi connectivity index (χ1) is 11.8. The third-order valence-corrected chi connectivity index (χ3v) is 5.05. The Labute approximate surface area is 145 Å². The first kappa shape index (κ1) is 16.5. The number of aromatic nitrogens is 1. The Morgan fingerprint density at radius 2 is 2.08 bits per heavy atom. The van der Waals surface area contributed by atoms with Crippen molar-refractivity contribution in [3.05, 3.63) is 40.9 Å². The lowest BCUT2D eigenvalue weighted by Crippen LogP contribution is -2.43. The van der Waals surface area contributed by atoms with Gasteiger partial charge in [0.05, 0.1) is 17.3 Å². The van der Waals surface area contributed by atoms with Crippen molar-refractivity contribution in [2.75, 3.05) is 19.6 Å². The number of likely N-dealkylation sites (tertiary alicyclic amines) is 1. The molecule has 2 aromatic rings. The van der Waals surface area contributed by atoms with Crippen LogP contribution < -0.4 is 5.32 Å².